The van der Waals surface area contributed by atoms with E-state index in [9.17, 15) is 4.79 Å². The predicted molar refractivity (Wildman–Crippen MR) is 65.3 cm³/mol. The minimum atomic E-state index is 0.219. The lowest BCUT2D eigenvalue weighted by atomic mass is 10.2. The molecule has 2 atom stereocenters. The molecule has 1 amide bonds. The zero-order chi connectivity index (χ0) is 11.5. The maximum atomic E-state index is 11.8. The van der Waals surface area contributed by atoms with Gasteiger partial charge in [-0.15, -0.1) is 0 Å². The Morgan fingerprint density at radius 1 is 1.69 bits per heavy atom. The molecule has 5 heteroatoms. The Morgan fingerprint density at radius 3 is 3.06 bits per heavy atom. The Labute approximate surface area is 104 Å². The molecule has 0 bridgehead atoms. The molecule has 2 heterocycles. The number of carbonyl (C=O) groups is 1. The van der Waals surface area contributed by atoms with Crippen molar-refractivity contribution in [1.82, 2.24) is 14.7 Å². The van der Waals surface area contributed by atoms with E-state index in [0.29, 0.717) is 12.3 Å². The van der Waals surface area contributed by atoms with Gasteiger partial charge in [0.15, 0.2) is 0 Å². The molecule has 1 saturated heterocycles. The molecule has 16 heavy (non-hydrogen) atoms. The second kappa shape index (κ2) is 4.99. The van der Waals surface area contributed by atoms with E-state index in [-0.39, 0.29) is 11.9 Å². The van der Waals surface area contributed by atoms with Crippen LogP contribution >= 0.6 is 15.9 Å². The topological polar surface area (TPSA) is 38.1 Å². The molecular weight excluding hydrogens is 270 g/mol. The quantitative estimate of drug-likeness (QED) is 0.787. The molecule has 0 N–H and O–H groups in total. The Morgan fingerprint density at radius 2 is 2.50 bits per heavy atom. The highest BCUT2D eigenvalue weighted by Crippen LogP contribution is 2.22. The molecule has 1 aliphatic rings. The van der Waals surface area contributed by atoms with E-state index in [1.54, 1.807) is 6.20 Å². The zero-order valence-corrected chi connectivity index (χ0v) is 10.9. The first-order chi connectivity index (χ1) is 7.70. The molecular formula is C11H16BrN3O. The summed E-state index contributed by atoms with van der Waals surface area (Å²) in [5.74, 6) is 0.733. The molecule has 1 aliphatic heterocycles. The van der Waals surface area contributed by atoms with Crippen LogP contribution in [0, 0.1) is 5.92 Å². The van der Waals surface area contributed by atoms with Gasteiger partial charge in [0.25, 0.3) is 0 Å². The third-order valence-electron chi connectivity index (χ3n) is 3.00. The monoisotopic (exact) mass is 285 g/mol. The van der Waals surface area contributed by atoms with Crippen molar-refractivity contribution in [2.75, 3.05) is 11.9 Å². The van der Waals surface area contributed by atoms with Gasteiger partial charge < -0.3 is 4.90 Å². The Bertz CT molecular complexity index is 352. The maximum absolute atomic E-state index is 11.8. The van der Waals surface area contributed by atoms with E-state index < -0.39 is 0 Å². The first-order valence-electron chi connectivity index (χ1n) is 5.53. The molecule has 1 aromatic heterocycles. The van der Waals surface area contributed by atoms with Crippen LogP contribution in [0.2, 0.25) is 0 Å². The van der Waals surface area contributed by atoms with Gasteiger partial charge in [0, 0.05) is 36.7 Å². The molecule has 0 radical (unpaired) electrons. The normalized spacial score (nSPS) is 22.8. The minimum absolute atomic E-state index is 0.219. The van der Waals surface area contributed by atoms with Gasteiger partial charge in [-0.05, 0) is 18.9 Å². The van der Waals surface area contributed by atoms with Crippen LogP contribution in [0.3, 0.4) is 0 Å². The molecule has 4 nitrogen and oxygen atoms in total. The molecule has 0 aromatic carbocycles. The van der Waals surface area contributed by atoms with Crippen molar-refractivity contribution in [3.63, 3.8) is 0 Å². The molecule has 0 aliphatic carbocycles. The lowest BCUT2D eigenvalue weighted by Crippen LogP contribution is -2.37. The second-order valence-electron chi connectivity index (χ2n) is 4.35. The number of hydrogen-bond acceptors (Lipinski definition) is 2. The van der Waals surface area contributed by atoms with E-state index in [4.69, 9.17) is 0 Å². The van der Waals surface area contributed by atoms with Gasteiger partial charge >= 0.3 is 0 Å². The average molecular weight is 286 g/mol. The summed E-state index contributed by atoms with van der Waals surface area (Å²) < 4.78 is 1.87. The van der Waals surface area contributed by atoms with Gasteiger partial charge in [-0.1, -0.05) is 15.9 Å². The summed E-state index contributed by atoms with van der Waals surface area (Å²) in [6.07, 6.45) is 4.37. The average Bonchev–Trinajstić information content (AvgIpc) is 2.87. The van der Waals surface area contributed by atoms with Gasteiger partial charge in [-0.2, -0.15) is 5.10 Å². The van der Waals surface area contributed by atoms with Crippen molar-refractivity contribution >= 4 is 21.8 Å². The lowest BCUT2D eigenvalue weighted by Gasteiger charge is -2.24. The van der Waals surface area contributed by atoms with Crippen LogP contribution in [0.1, 0.15) is 13.3 Å². The van der Waals surface area contributed by atoms with Crippen molar-refractivity contribution in [2.24, 2.45) is 5.92 Å². The first kappa shape index (κ1) is 11.6. The summed E-state index contributed by atoms with van der Waals surface area (Å²) in [6, 6.07) is 2.12. The second-order valence-corrected chi connectivity index (χ2v) is 5.00. The summed E-state index contributed by atoms with van der Waals surface area (Å²) in [6.45, 7) is 3.72. The van der Waals surface area contributed by atoms with Crippen molar-refractivity contribution < 1.29 is 4.79 Å². The number of amides is 1. The highest BCUT2D eigenvalue weighted by molar-refractivity contribution is 9.09. The van der Waals surface area contributed by atoms with Crippen LogP contribution in [0.15, 0.2) is 18.5 Å². The van der Waals surface area contributed by atoms with E-state index in [1.807, 2.05) is 21.8 Å². The fourth-order valence-electron chi connectivity index (χ4n) is 2.12. The fourth-order valence-corrected chi connectivity index (χ4v) is 2.55. The standard InChI is InChI=1S/C11H16BrN3O/c1-9(7-14-4-2-3-13-14)15-8-10(6-12)5-11(15)16/h2-4,9-10H,5-8H2,1H3. The molecule has 0 saturated carbocycles. The molecule has 1 fully saturated rings. The van der Waals surface area contributed by atoms with Gasteiger partial charge in [-0.25, -0.2) is 0 Å². The third-order valence-corrected chi connectivity index (χ3v) is 3.91. The van der Waals surface area contributed by atoms with Crippen LogP contribution in [-0.2, 0) is 11.3 Å². The highest BCUT2D eigenvalue weighted by Gasteiger charge is 2.31. The van der Waals surface area contributed by atoms with Crippen LogP contribution in [-0.4, -0.2) is 38.5 Å². The van der Waals surface area contributed by atoms with E-state index >= 15 is 0 Å². The van der Waals surface area contributed by atoms with Crippen LogP contribution in [0.4, 0.5) is 0 Å². The van der Waals surface area contributed by atoms with E-state index in [2.05, 4.69) is 28.0 Å². The summed E-state index contributed by atoms with van der Waals surface area (Å²) in [4.78, 5) is 13.8. The summed E-state index contributed by atoms with van der Waals surface area (Å²) in [7, 11) is 0. The van der Waals surface area contributed by atoms with E-state index in [1.165, 1.54) is 0 Å². The highest BCUT2D eigenvalue weighted by atomic mass is 79.9. The van der Waals surface area contributed by atoms with Crippen molar-refractivity contribution in [3.8, 4) is 0 Å². The van der Waals surface area contributed by atoms with Gasteiger partial charge in [0.1, 0.15) is 0 Å². The van der Waals surface area contributed by atoms with Crippen LogP contribution < -0.4 is 0 Å². The number of halogens is 1. The van der Waals surface area contributed by atoms with Crippen molar-refractivity contribution in [1.29, 1.82) is 0 Å². The molecule has 2 unspecified atom stereocenters. The van der Waals surface area contributed by atoms with Crippen LogP contribution in [0.25, 0.3) is 0 Å². The number of alkyl halides is 1. The minimum Gasteiger partial charge on any atom is -0.338 e. The first-order valence-corrected chi connectivity index (χ1v) is 6.65. The Kier molecular flexibility index (Phi) is 3.63. The number of carbonyl (C=O) groups excluding carboxylic acids is 1. The predicted octanol–water partition coefficient (Wildman–Crippen LogP) is 1.51. The third kappa shape index (κ3) is 2.45. The number of rotatable bonds is 4. The van der Waals surface area contributed by atoms with E-state index in [0.717, 1.165) is 18.4 Å². The molecule has 2 rings (SSSR count). The van der Waals surface area contributed by atoms with Crippen molar-refractivity contribution in [3.05, 3.63) is 18.5 Å². The Balaban J connectivity index is 1.95. The number of hydrogen-bond donors (Lipinski definition) is 0. The summed E-state index contributed by atoms with van der Waals surface area (Å²) >= 11 is 3.44. The summed E-state index contributed by atoms with van der Waals surface area (Å²) in [5.41, 5.74) is 0. The van der Waals surface area contributed by atoms with Gasteiger partial charge in [0.05, 0.1) is 6.54 Å². The molecule has 1 aromatic rings. The Hall–Kier alpha value is -0.840. The smallest absolute Gasteiger partial charge is 0.223 e. The largest absolute Gasteiger partial charge is 0.338 e. The van der Waals surface area contributed by atoms with Crippen molar-refractivity contribution in [2.45, 2.75) is 25.9 Å². The number of nitrogens with zero attached hydrogens (tertiary/aromatic N) is 3. The SMILES string of the molecule is CC(Cn1cccn1)N1CC(CBr)CC1=O. The fraction of sp³-hybridized carbons (Fsp3) is 0.636. The van der Waals surface area contributed by atoms with Crippen LogP contribution in [0.5, 0.6) is 0 Å². The molecule has 88 valence electrons. The number of aromatic nitrogens is 2. The maximum Gasteiger partial charge on any atom is 0.223 e. The number of likely N-dealkylation sites (tertiary alicyclic amines) is 1. The van der Waals surface area contributed by atoms with Gasteiger partial charge in [-0.3, -0.25) is 9.48 Å². The van der Waals surface area contributed by atoms with Gasteiger partial charge in [0.2, 0.25) is 5.91 Å². The summed E-state index contributed by atoms with van der Waals surface area (Å²) in [5, 5.41) is 5.07. The zero-order valence-electron chi connectivity index (χ0n) is 9.34. The lowest BCUT2D eigenvalue weighted by molar-refractivity contribution is -0.129. The molecule has 0 spiro atoms.